The Morgan fingerprint density at radius 2 is 2.29 bits per heavy atom. The zero-order valence-corrected chi connectivity index (χ0v) is 9.81. The van der Waals surface area contributed by atoms with Crippen molar-refractivity contribution in [3.05, 3.63) is 52.6 Å². The fraction of sp³-hybridized carbons (Fsp3) is 0.0769. The lowest BCUT2D eigenvalue weighted by molar-refractivity contribution is 0.849. The van der Waals surface area contributed by atoms with Crippen LogP contribution in [-0.2, 0) is 6.54 Å². The second kappa shape index (κ2) is 4.04. The summed E-state index contributed by atoms with van der Waals surface area (Å²) in [6, 6.07) is 9.96. The van der Waals surface area contributed by atoms with Gasteiger partial charge in [0.25, 0.3) is 0 Å². The van der Waals surface area contributed by atoms with Gasteiger partial charge in [0.15, 0.2) is 0 Å². The van der Waals surface area contributed by atoms with Crippen molar-refractivity contribution in [3.8, 4) is 6.07 Å². The number of nitriles is 1. The monoisotopic (exact) mass is 239 g/mol. The second-order valence-electron chi connectivity index (χ2n) is 3.80. The van der Waals surface area contributed by atoms with Crippen molar-refractivity contribution in [2.24, 2.45) is 0 Å². The Bertz CT molecular complexity index is 689. The standard InChI is InChI=1S/C13H9N3S/c14-6-10-1-2-13-11(5-10)3-4-16(13)8-12-7-15-9-17-12/h1-5,7,9H,8H2. The highest BCUT2D eigenvalue weighted by atomic mass is 32.1. The lowest BCUT2D eigenvalue weighted by atomic mass is 10.2. The van der Waals surface area contributed by atoms with E-state index in [0.29, 0.717) is 5.56 Å². The van der Waals surface area contributed by atoms with E-state index >= 15 is 0 Å². The van der Waals surface area contributed by atoms with Crippen molar-refractivity contribution in [1.29, 1.82) is 5.26 Å². The van der Waals surface area contributed by atoms with Crippen LogP contribution in [0.25, 0.3) is 10.9 Å². The molecule has 17 heavy (non-hydrogen) atoms. The Morgan fingerprint density at radius 3 is 3.06 bits per heavy atom. The van der Waals surface area contributed by atoms with E-state index in [4.69, 9.17) is 5.26 Å². The number of benzene rings is 1. The summed E-state index contributed by atoms with van der Waals surface area (Å²) >= 11 is 1.65. The summed E-state index contributed by atoms with van der Waals surface area (Å²) < 4.78 is 2.17. The van der Waals surface area contributed by atoms with Crippen molar-refractivity contribution in [1.82, 2.24) is 9.55 Å². The van der Waals surface area contributed by atoms with Gasteiger partial charge in [-0.3, -0.25) is 4.98 Å². The summed E-state index contributed by atoms with van der Waals surface area (Å²) in [6.45, 7) is 0.833. The smallest absolute Gasteiger partial charge is 0.0991 e. The molecule has 0 saturated carbocycles. The topological polar surface area (TPSA) is 41.6 Å². The molecule has 4 heteroatoms. The Hall–Kier alpha value is -2.12. The molecule has 0 aliphatic carbocycles. The van der Waals surface area contributed by atoms with Gasteiger partial charge in [0.1, 0.15) is 0 Å². The average Bonchev–Trinajstić information content (AvgIpc) is 2.99. The first-order valence-corrected chi connectivity index (χ1v) is 6.11. The molecule has 0 atom stereocenters. The van der Waals surface area contributed by atoms with Gasteiger partial charge in [0, 0.05) is 28.2 Å². The van der Waals surface area contributed by atoms with Crippen LogP contribution < -0.4 is 0 Å². The molecule has 0 N–H and O–H groups in total. The first-order chi connectivity index (χ1) is 8.36. The number of nitrogens with zero attached hydrogens (tertiary/aromatic N) is 3. The summed E-state index contributed by atoms with van der Waals surface area (Å²) in [4.78, 5) is 5.30. The fourth-order valence-corrected chi connectivity index (χ4v) is 2.49. The molecule has 2 heterocycles. The number of thiazole rings is 1. The molecule has 0 bridgehead atoms. The van der Waals surface area contributed by atoms with Crippen molar-refractivity contribution in [2.75, 3.05) is 0 Å². The lowest BCUT2D eigenvalue weighted by Gasteiger charge is -2.02. The van der Waals surface area contributed by atoms with Gasteiger partial charge in [-0.2, -0.15) is 5.26 Å². The number of hydrogen-bond donors (Lipinski definition) is 0. The van der Waals surface area contributed by atoms with Crippen molar-refractivity contribution < 1.29 is 0 Å². The third-order valence-corrected chi connectivity index (χ3v) is 3.47. The van der Waals surface area contributed by atoms with Gasteiger partial charge in [-0.1, -0.05) is 0 Å². The summed E-state index contributed by atoms with van der Waals surface area (Å²) in [5.41, 5.74) is 3.69. The normalized spacial score (nSPS) is 10.5. The molecule has 0 unspecified atom stereocenters. The molecule has 3 nitrogen and oxygen atoms in total. The van der Waals surface area contributed by atoms with Crippen molar-refractivity contribution in [3.63, 3.8) is 0 Å². The predicted molar refractivity (Wildman–Crippen MR) is 67.9 cm³/mol. The molecule has 0 fully saturated rings. The van der Waals surface area contributed by atoms with Gasteiger partial charge in [-0.15, -0.1) is 11.3 Å². The quantitative estimate of drug-likeness (QED) is 0.689. The maximum Gasteiger partial charge on any atom is 0.0991 e. The summed E-state index contributed by atoms with van der Waals surface area (Å²) in [5, 5.41) is 9.95. The molecule has 3 rings (SSSR count). The molecule has 82 valence electrons. The van der Waals surface area contributed by atoms with Crippen molar-refractivity contribution in [2.45, 2.75) is 6.54 Å². The fourth-order valence-electron chi connectivity index (χ4n) is 1.90. The second-order valence-corrected chi connectivity index (χ2v) is 4.77. The minimum atomic E-state index is 0.702. The predicted octanol–water partition coefficient (Wildman–Crippen LogP) is 3.02. The third-order valence-electron chi connectivity index (χ3n) is 2.71. The molecule has 0 amide bonds. The minimum Gasteiger partial charge on any atom is -0.342 e. The largest absolute Gasteiger partial charge is 0.342 e. The van der Waals surface area contributed by atoms with Crippen LogP contribution in [0.15, 0.2) is 42.2 Å². The SMILES string of the molecule is N#Cc1ccc2c(ccn2Cc2cncs2)c1. The number of rotatable bonds is 2. The Labute approximate surface area is 103 Å². The first kappa shape index (κ1) is 10.1. The minimum absolute atomic E-state index is 0.702. The Kier molecular flexibility index (Phi) is 2.39. The maximum atomic E-state index is 8.85. The molecule has 0 aliphatic heterocycles. The van der Waals surface area contributed by atoms with Crippen LogP contribution in [0.3, 0.4) is 0 Å². The molecule has 0 spiro atoms. The van der Waals surface area contributed by atoms with Crippen LogP contribution in [0.2, 0.25) is 0 Å². The van der Waals surface area contributed by atoms with Crippen LogP contribution in [0.5, 0.6) is 0 Å². The molecule has 1 aromatic carbocycles. The zero-order chi connectivity index (χ0) is 11.7. The summed E-state index contributed by atoms with van der Waals surface area (Å²) in [5.74, 6) is 0. The highest BCUT2D eigenvalue weighted by Crippen LogP contribution is 2.19. The first-order valence-electron chi connectivity index (χ1n) is 5.23. The van der Waals surface area contributed by atoms with Gasteiger partial charge in [0.2, 0.25) is 0 Å². The summed E-state index contributed by atoms with van der Waals surface area (Å²) in [6.07, 6.45) is 3.94. The molecule has 0 saturated heterocycles. The number of hydrogen-bond acceptors (Lipinski definition) is 3. The molecular formula is C13H9N3S. The van der Waals surface area contributed by atoms with Crippen LogP contribution in [0.4, 0.5) is 0 Å². The van der Waals surface area contributed by atoms with Gasteiger partial charge < -0.3 is 4.57 Å². The Balaban J connectivity index is 2.04. The van der Waals surface area contributed by atoms with E-state index < -0.39 is 0 Å². The van der Waals surface area contributed by atoms with E-state index in [1.807, 2.05) is 42.2 Å². The highest BCUT2D eigenvalue weighted by Gasteiger charge is 2.03. The Morgan fingerprint density at radius 1 is 1.35 bits per heavy atom. The van der Waals surface area contributed by atoms with Gasteiger partial charge >= 0.3 is 0 Å². The van der Waals surface area contributed by atoms with Crippen LogP contribution in [-0.4, -0.2) is 9.55 Å². The third kappa shape index (κ3) is 1.81. The molecule has 0 aliphatic rings. The van der Waals surface area contributed by atoms with E-state index in [1.165, 1.54) is 4.88 Å². The average molecular weight is 239 g/mol. The number of aromatic nitrogens is 2. The maximum absolute atomic E-state index is 8.85. The van der Waals surface area contributed by atoms with Crippen LogP contribution in [0.1, 0.15) is 10.4 Å². The number of fused-ring (bicyclic) bond motifs is 1. The zero-order valence-electron chi connectivity index (χ0n) is 9.00. The molecular weight excluding hydrogens is 230 g/mol. The van der Waals surface area contributed by atoms with E-state index in [0.717, 1.165) is 17.4 Å². The highest BCUT2D eigenvalue weighted by molar-refractivity contribution is 7.09. The molecule has 0 radical (unpaired) electrons. The van der Waals surface area contributed by atoms with E-state index in [9.17, 15) is 0 Å². The van der Waals surface area contributed by atoms with Gasteiger partial charge in [-0.25, -0.2) is 0 Å². The summed E-state index contributed by atoms with van der Waals surface area (Å²) in [7, 11) is 0. The van der Waals surface area contributed by atoms with Crippen LogP contribution in [0, 0.1) is 11.3 Å². The van der Waals surface area contributed by atoms with Gasteiger partial charge in [0.05, 0.1) is 23.7 Å². The van der Waals surface area contributed by atoms with Gasteiger partial charge in [-0.05, 0) is 24.3 Å². The lowest BCUT2D eigenvalue weighted by Crippen LogP contribution is -1.95. The molecule has 2 aromatic heterocycles. The van der Waals surface area contributed by atoms with E-state index in [1.54, 1.807) is 11.3 Å². The van der Waals surface area contributed by atoms with Crippen LogP contribution >= 0.6 is 11.3 Å². The van der Waals surface area contributed by atoms with E-state index in [2.05, 4.69) is 15.6 Å². The van der Waals surface area contributed by atoms with Crippen molar-refractivity contribution >= 4 is 22.2 Å². The molecule has 3 aromatic rings. The van der Waals surface area contributed by atoms with E-state index in [-0.39, 0.29) is 0 Å².